The zero-order valence-electron chi connectivity index (χ0n) is 11.3. The Hall–Kier alpha value is -1.61. The highest BCUT2D eigenvalue weighted by Crippen LogP contribution is 2.39. The maximum Gasteiger partial charge on any atom is 0.159 e. The number of rotatable bonds is 1. The minimum absolute atomic E-state index is 0.394. The van der Waals surface area contributed by atoms with Crippen molar-refractivity contribution in [3.8, 4) is 0 Å². The van der Waals surface area contributed by atoms with Gasteiger partial charge in [-0.25, -0.2) is 0 Å². The summed E-state index contributed by atoms with van der Waals surface area (Å²) >= 11 is 6.04. The molecule has 1 aromatic heterocycles. The Morgan fingerprint density at radius 3 is 2.68 bits per heavy atom. The third-order valence-corrected chi connectivity index (χ3v) is 4.23. The summed E-state index contributed by atoms with van der Waals surface area (Å²) in [7, 11) is 0. The van der Waals surface area contributed by atoms with Gasteiger partial charge >= 0.3 is 0 Å². The topological polar surface area (TPSA) is 29.0 Å². The van der Waals surface area contributed by atoms with Crippen LogP contribution in [-0.4, -0.2) is 16.2 Å². The van der Waals surface area contributed by atoms with Gasteiger partial charge in [0.2, 0.25) is 0 Å². The predicted octanol–water partition coefficient (Wildman–Crippen LogP) is 3.83. The van der Waals surface area contributed by atoms with Crippen molar-refractivity contribution in [2.24, 2.45) is 0 Å². The molecule has 4 heteroatoms. The second kappa shape index (κ2) is 4.49. The van der Waals surface area contributed by atoms with Gasteiger partial charge in [-0.1, -0.05) is 29.8 Å². The Labute approximate surface area is 118 Å². The van der Waals surface area contributed by atoms with E-state index in [-0.39, 0.29) is 0 Å². The van der Waals surface area contributed by atoms with Crippen LogP contribution in [0.1, 0.15) is 23.6 Å². The van der Waals surface area contributed by atoms with Gasteiger partial charge in [0.1, 0.15) is 0 Å². The second-order valence-electron chi connectivity index (χ2n) is 5.12. The predicted molar refractivity (Wildman–Crippen MR) is 78.3 cm³/mol. The fourth-order valence-corrected chi connectivity index (χ4v) is 2.86. The summed E-state index contributed by atoms with van der Waals surface area (Å²) in [5.41, 5.74) is 4.70. The van der Waals surface area contributed by atoms with E-state index in [1.54, 1.807) is 0 Å². The largest absolute Gasteiger partial charge is 0.321 e. The van der Waals surface area contributed by atoms with E-state index in [0.717, 1.165) is 23.4 Å². The number of halogens is 1. The lowest BCUT2D eigenvalue weighted by Gasteiger charge is -2.25. The quantitative estimate of drug-likeness (QED) is 0.791. The Morgan fingerprint density at radius 2 is 1.89 bits per heavy atom. The molecule has 0 N–H and O–H groups in total. The standard InChI is InChI=1S/C15H16ClN3/c1-9-8-12-6-4-5-7-13(12)19(9)15-11(3)10(2)14(16)17-18-15/h4-7,9H,8H2,1-3H3. The van der Waals surface area contributed by atoms with Crippen molar-refractivity contribution < 1.29 is 0 Å². The van der Waals surface area contributed by atoms with Crippen molar-refractivity contribution in [3.63, 3.8) is 0 Å². The summed E-state index contributed by atoms with van der Waals surface area (Å²) in [5, 5.41) is 8.87. The number of hydrogen-bond donors (Lipinski definition) is 0. The summed E-state index contributed by atoms with van der Waals surface area (Å²) in [6, 6.07) is 8.86. The van der Waals surface area contributed by atoms with Crippen LogP contribution in [0.4, 0.5) is 11.5 Å². The van der Waals surface area contributed by atoms with Gasteiger partial charge in [0.25, 0.3) is 0 Å². The molecule has 0 fully saturated rings. The van der Waals surface area contributed by atoms with E-state index in [9.17, 15) is 0 Å². The maximum atomic E-state index is 6.04. The zero-order chi connectivity index (χ0) is 13.6. The summed E-state index contributed by atoms with van der Waals surface area (Å²) in [6.45, 7) is 6.26. The first kappa shape index (κ1) is 12.4. The number of para-hydroxylation sites is 1. The van der Waals surface area contributed by atoms with E-state index < -0.39 is 0 Å². The highest BCUT2D eigenvalue weighted by molar-refractivity contribution is 6.30. The molecule has 1 aliphatic heterocycles. The fourth-order valence-electron chi connectivity index (χ4n) is 2.68. The highest BCUT2D eigenvalue weighted by atomic mass is 35.5. The first-order chi connectivity index (χ1) is 9.09. The minimum atomic E-state index is 0.394. The smallest absolute Gasteiger partial charge is 0.159 e. The van der Waals surface area contributed by atoms with Crippen LogP contribution >= 0.6 is 11.6 Å². The van der Waals surface area contributed by atoms with E-state index in [0.29, 0.717) is 11.2 Å². The van der Waals surface area contributed by atoms with Crippen molar-refractivity contribution in [1.29, 1.82) is 0 Å². The van der Waals surface area contributed by atoms with E-state index in [1.165, 1.54) is 11.3 Å². The van der Waals surface area contributed by atoms with Crippen LogP contribution in [-0.2, 0) is 6.42 Å². The van der Waals surface area contributed by atoms with E-state index in [2.05, 4.69) is 53.2 Å². The molecular weight excluding hydrogens is 258 g/mol. The number of nitrogens with zero attached hydrogens (tertiary/aromatic N) is 3. The molecule has 0 bridgehead atoms. The van der Waals surface area contributed by atoms with Gasteiger partial charge in [-0.3, -0.25) is 0 Å². The van der Waals surface area contributed by atoms with Crippen molar-refractivity contribution in [2.45, 2.75) is 33.2 Å². The van der Waals surface area contributed by atoms with E-state index in [4.69, 9.17) is 11.6 Å². The first-order valence-electron chi connectivity index (χ1n) is 6.46. The van der Waals surface area contributed by atoms with Gasteiger partial charge in [0.05, 0.1) is 0 Å². The zero-order valence-corrected chi connectivity index (χ0v) is 12.1. The molecule has 0 spiro atoms. The molecule has 0 aliphatic carbocycles. The highest BCUT2D eigenvalue weighted by Gasteiger charge is 2.29. The number of benzene rings is 1. The number of fused-ring (bicyclic) bond motifs is 1. The number of aromatic nitrogens is 2. The van der Waals surface area contributed by atoms with Gasteiger partial charge in [-0.2, -0.15) is 0 Å². The first-order valence-corrected chi connectivity index (χ1v) is 6.84. The Kier molecular flexibility index (Phi) is 2.94. The van der Waals surface area contributed by atoms with Crippen LogP contribution in [0.3, 0.4) is 0 Å². The number of hydrogen-bond acceptors (Lipinski definition) is 3. The summed E-state index contributed by atoms with van der Waals surface area (Å²) in [5.74, 6) is 0.916. The Bertz CT molecular complexity index is 639. The average molecular weight is 274 g/mol. The molecule has 0 saturated carbocycles. The van der Waals surface area contributed by atoms with Crippen LogP contribution in [0.5, 0.6) is 0 Å². The van der Waals surface area contributed by atoms with Crippen LogP contribution in [0.25, 0.3) is 0 Å². The summed E-state index contributed by atoms with van der Waals surface area (Å²) in [6.07, 6.45) is 1.04. The normalized spacial score (nSPS) is 17.7. The molecule has 1 aliphatic rings. The molecule has 1 atom stereocenters. The monoisotopic (exact) mass is 273 g/mol. The lowest BCUT2D eigenvalue weighted by atomic mass is 10.1. The molecule has 2 aromatic rings. The van der Waals surface area contributed by atoms with Gasteiger partial charge in [0, 0.05) is 11.7 Å². The van der Waals surface area contributed by atoms with E-state index >= 15 is 0 Å². The average Bonchev–Trinajstić information content (AvgIpc) is 2.73. The third-order valence-electron chi connectivity index (χ3n) is 3.88. The van der Waals surface area contributed by atoms with Crippen molar-refractivity contribution >= 4 is 23.1 Å². The molecule has 0 saturated heterocycles. The fraction of sp³-hybridized carbons (Fsp3) is 0.333. The van der Waals surface area contributed by atoms with Gasteiger partial charge in [-0.15, -0.1) is 10.2 Å². The Morgan fingerprint density at radius 1 is 1.16 bits per heavy atom. The van der Waals surface area contributed by atoms with Crippen LogP contribution in [0.15, 0.2) is 24.3 Å². The molecule has 1 aromatic carbocycles. The maximum absolute atomic E-state index is 6.04. The van der Waals surface area contributed by atoms with Gasteiger partial charge in [0.15, 0.2) is 11.0 Å². The SMILES string of the molecule is Cc1c(Cl)nnc(N2c3ccccc3CC2C)c1C. The summed E-state index contributed by atoms with van der Waals surface area (Å²) in [4.78, 5) is 2.26. The van der Waals surface area contributed by atoms with E-state index in [1.807, 2.05) is 6.92 Å². The molecule has 2 heterocycles. The molecule has 98 valence electrons. The van der Waals surface area contributed by atoms with Crippen molar-refractivity contribution in [3.05, 3.63) is 46.1 Å². The molecule has 0 amide bonds. The minimum Gasteiger partial charge on any atom is -0.321 e. The lowest BCUT2D eigenvalue weighted by Crippen LogP contribution is -2.26. The second-order valence-corrected chi connectivity index (χ2v) is 5.47. The van der Waals surface area contributed by atoms with Crippen LogP contribution in [0, 0.1) is 13.8 Å². The molecule has 0 radical (unpaired) electrons. The van der Waals surface area contributed by atoms with Crippen molar-refractivity contribution in [2.75, 3.05) is 4.90 Å². The molecule has 1 unspecified atom stereocenters. The molecule has 19 heavy (non-hydrogen) atoms. The van der Waals surface area contributed by atoms with Gasteiger partial charge in [-0.05, 0) is 49.9 Å². The number of anilines is 2. The van der Waals surface area contributed by atoms with Crippen molar-refractivity contribution in [1.82, 2.24) is 10.2 Å². The molecular formula is C15H16ClN3. The van der Waals surface area contributed by atoms with Crippen LogP contribution in [0.2, 0.25) is 5.15 Å². The molecule has 3 rings (SSSR count). The summed E-state index contributed by atoms with van der Waals surface area (Å²) < 4.78 is 0. The third kappa shape index (κ3) is 1.89. The molecule has 3 nitrogen and oxygen atoms in total. The van der Waals surface area contributed by atoms with Gasteiger partial charge < -0.3 is 4.90 Å². The van der Waals surface area contributed by atoms with Crippen LogP contribution < -0.4 is 4.90 Å². The Balaban J connectivity index is 2.15. The lowest BCUT2D eigenvalue weighted by molar-refractivity contribution is 0.739.